The number of hydrogen-bond donors (Lipinski definition) is 5. The summed E-state index contributed by atoms with van der Waals surface area (Å²) in [6.07, 6.45) is 9.39. The zero-order valence-electron chi connectivity index (χ0n) is 21.4. The van der Waals surface area contributed by atoms with Gasteiger partial charge in [-0.15, -0.1) is 0 Å². The first kappa shape index (κ1) is 33.2. The van der Waals surface area contributed by atoms with Gasteiger partial charge >= 0.3 is 5.97 Å². The molecule has 0 saturated heterocycles. The van der Waals surface area contributed by atoms with Gasteiger partial charge in [-0.2, -0.15) is 0 Å². The molecule has 0 aromatic carbocycles. The Morgan fingerprint density at radius 2 is 1.09 bits per heavy atom. The molecule has 0 aromatic heterocycles. The SMILES string of the molecule is CCCCCCC(OCCCCO)C(O)C(O)C(CCCCCCCC(=O)O)OCCCCO. The number of carboxylic acid groups (broad SMARTS) is 1. The van der Waals surface area contributed by atoms with Crippen molar-refractivity contribution in [1.29, 1.82) is 0 Å². The van der Waals surface area contributed by atoms with Gasteiger partial charge in [-0.3, -0.25) is 4.79 Å². The lowest BCUT2D eigenvalue weighted by atomic mass is 9.95. The van der Waals surface area contributed by atoms with Gasteiger partial charge in [0.25, 0.3) is 0 Å². The van der Waals surface area contributed by atoms with E-state index in [9.17, 15) is 15.0 Å². The highest BCUT2D eigenvalue weighted by molar-refractivity contribution is 5.66. The number of aliphatic hydroxyl groups is 4. The minimum atomic E-state index is -1.07. The average Bonchev–Trinajstić information content (AvgIpc) is 2.82. The van der Waals surface area contributed by atoms with Gasteiger partial charge in [-0.05, 0) is 44.9 Å². The summed E-state index contributed by atoms with van der Waals surface area (Å²) in [5.41, 5.74) is 0. The quantitative estimate of drug-likeness (QED) is 0.115. The number of rotatable bonds is 26. The molecule has 0 bridgehead atoms. The van der Waals surface area contributed by atoms with Crippen molar-refractivity contribution in [3.63, 3.8) is 0 Å². The first-order valence-electron chi connectivity index (χ1n) is 13.5. The maximum absolute atomic E-state index is 11.0. The van der Waals surface area contributed by atoms with Crippen LogP contribution >= 0.6 is 0 Å². The van der Waals surface area contributed by atoms with Crippen LogP contribution in [0.3, 0.4) is 0 Å². The lowest BCUT2D eigenvalue weighted by Crippen LogP contribution is -2.46. The van der Waals surface area contributed by atoms with Crippen LogP contribution in [0.4, 0.5) is 0 Å². The molecule has 0 aliphatic rings. The molecule has 0 spiro atoms. The molecule has 0 radical (unpaired) electrons. The summed E-state index contributed by atoms with van der Waals surface area (Å²) in [4.78, 5) is 10.6. The Morgan fingerprint density at radius 1 is 0.647 bits per heavy atom. The maximum Gasteiger partial charge on any atom is 0.303 e. The van der Waals surface area contributed by atoms with Gasteiger partial charge in [-0.25, -0.2) is 0 Å². The summed E-state index contributed by atoms with van der Waals surface area (Å²) >= 11 is 0. The fourth-order valence-electron chi connectivity index (χ4n) is 3.97. The number of hydrogen-bond acceptors (Lipinski definition) is 7. The number of carboxylic acids is 1. The van der Waals surface area contributed by atoms with Crippen LogP contribution in [-0.2, 0) is 14.3 Å². The lowest BCUT2D eigenvalue weighted by Gasteiger charge is -2.32. The number of unbranched alkanes of at least 4 members (excludes halogenated alkanes) is 9. The Kier molecular flexibility index (Phi) is 23.4. The van der Waals surface area contributed by atoms with E-state index in [1.54, 1.807) is 0 Å². The first-order valence-corrected chi connectivity index (χ1v) is 13.5. The van der Waals surface area contributed by atoms with Gasteiger partial charge in [0.05, 0.1) is 12.2 Å². The third kappa shape index (κ3) is 18.5. The van der Waals surface area contributed by atoms with E-state index in [0.717, 1.165) is 51.4 Å². The molecule has 4 atom stereocenters. The van der Waals surface area contributed by atoms with Crippen LogP contribution in [0.15, 0.2) is 0 Å². The normalized spacial score (nSPS) is 15.2. The van der Waals surface area contributed by atoms with E-state index in [4.69, 9.17) is 24.8 Å². The van der Waals surface area contributed by atoms with Crippen molar-refractivity contribution < 1.29 is 39.8 Å². The molecular formula is C26H52O8. The second-order valence-electron chi connectivity index (χ2n) is 9.21. The van der Waals surface area contributed by atoms with Crippen molar-refractivity contribution in [3.8, 4) is 0 Å². The summed E-state index contributed by atoms with van der Waals surface area (Å²) in [6.45, 7) is 3.19. The Balaban J connectivity index is 4.81. The highest BCUT2D eigenvalue weighted by Gasteiger charge is 2.33. The molecule has 0 rings (SSSR count). The van der Waals surface area contributed by atoms with E-state index in [2.05, 4.69) is 6.92 Å². The Hall–Kier alpha value is -0.770. The van der Waals surface area contributed by atoms with Crippen LogP contribution < -0.4 is 0 Å². The predicted octanol–water partition coefficient (Wildman–Crippen LogP) is 3.81. The minimum Gasteiger partial charge on any atom is -0.481 e. The van der Waals surface area contributed by atoms with Crippen molar-refractivity contribution in [1.82, 2.24) is 0 Å². The van der Waals surface area contributed by atoms with E-state index in [-0.39, 0.29) is 19.6 Å². The molecular weight excluding hydrogens is 440 g/mol. The second kappa shape index (κ2) is 23.9. The summed E-state index contributed by atoms with van der Waals surface area (Å²) in [5.74, 6) is -0.767. The van der Waals surface area contributed by atoms with E-state index in [0.29, 0.717) is 58.2 Å². The highest BCUT2D eigenvalue weighted by atomic mass is 16.5. The first-order chi connectivity index (χ1) is 16.5. The van der Waals surface area contributed by atoms with Crippen molar-refractivity contribution in [2.45, 2.75) is 134 Å². The summed E-state index contributed by atoms with van der Waals surface area (Å²) in [6, 6.07) is 0. The van der Waals surface area contributed by atoms with Gasteiger partial charge in [0.15, 0.2) is 0 Å². The third-order valence-corrected chi connectivity index (χ3v) is 6.10. The van der Waals surface area contributed by atoms with Gasteiger partial charge in [0.2, 0.25) is 0 Å². The Bertz CT molecular complexity index is 437. The van der Waals surface area contributed by atoms with Crippen molar-refractivity contribution in [2.24, 2.45) is 0 Å². The zero-order chi connectivity index (χ0) is 25.4. The van der Waals surface area contributed by atoms with E-state index >= 15 is 0 Å². The molecule has 0 saturated carbocycles. The smallest absolute Gasteiger partial charge is 0.303 e. The van der Waals surface area contributed by atoms with Crippen molar-refractivity contribution in [2.75, 3.05) is 26.4 Å². The van der Waals surface area contributed by atoms with Crippen LogP contribution in [0.2, 0.25) is 0 Å². The molecule has 204 valence electrons. The van der Waals surface area contributed by atoms with E-state index in [1.807, 2.05) is 0 Å². The van der Waals surface area contributed by atoms with Gasteiger partial charge in [-0.1, -0.05) is 58.3 Å². The standard InChI is InChI=1S/C26H52O8/c1-2-3-4-8-15-22(33-20-13-11-18-27)25(31)26(32)23(34-21-14-12-19-28)16-9-6-5-7-10-17-24(29)30/h22-23,25-28,31-32H,2-21H2,1H3,(H,29,30). The predicted molar refractivity (Wildman–Crippen MR) is 133 cm³/mol. The van der Waals surface area contributed by atoms with Crippen LogP contribution in [0, 0.1) is 0 Å². The summed E-state index contributed by atoms with van der Waals surface area (Å²) in [5, 5.41) is 48.7. The number of ether oxygens (including phenoxy) is 2. The number of aliphatic hydroxyl groups excluding tert-OH is 4. The molecule has 8 heteroatoms. The molecule has 34 heavy (non-hydrogen) atoms. The summed E-state index contributed by atoms with van der Waals surface area (Å²) < 4.78 is 11.9. The highest BCUT2D eigenvalue weighted by Crippen LogP contribution is 2.21. The number of aliphatic carboxylic acids is 1. The van der Waals surface area contributed by atoms with Crippen molar-refractivity contribution in [3.05, 3.63) is 0 Å². The molecule has 0 aromatic rings. The molecule has 8 nitrogen and oxygen atoms in total. The lowest BCUT2D eigenvalue weighted by molar-refractivity contribution is -0.142. The minimum absolute atomic E-state index is 0.0943. The Morgan fingerprint density at radius 3 is 1.53 bits per heavy atom. The third-order valence-electron chi connectivity index (χ3n) is 6.10. The maximum atomic E-state index is 11.0. The van der Waals surface area contributed by atoms with E-state index < -0.39 is 30.4 Å². The zero-order valence-corrected chi connectivity index (χ0v) is 21.4. The fraction of sp³-hybridized carbons (Fsp3) is 0.962. The Labute approximate surface area is 206 Å². The molecule has 0 heterocycles. The van der Waals surface area contributed by atoms with Crippen LogP contribution in [0.5, 0.6) is 0 Å². The van der Waals surface area contributed by atoms with Crippen LogP contribution in [0.1, 0.15) is 110 Å². The molecule has 0 amide bonds. The number of carbonyl (C=O) groups is 1. The van der Waals surface area contributed by atoms with Gasteiger partial charge < -0.3 is 35.0 Å². The fourth-order valence-corrected chi connectivity index (χ4v) is 3.97. The molecule has 0 fully saturated rings. The topological polar surface area (TPSA) is 137 Å². The van der Waals surface area contributed by atoms with E-state index in [1.165, 1.54) is 0 Å². The summed E-state index contributed by atoms with van der Waals surface area (Å²) in [7, 11) is 0. The molecule has 4 unspecified atom stereocenters. The molecule has 0 aliphatic carbocycles. The van der Waals surface area contributed by atoms with Gasteiger partial charge in [0, 0.05) is 32.8 Å². The van der Waals surface area contributed by atoms with Crippen molar-refractivity contribution >= 4 is 5.97 Å². The average molecular weight is 493 g/mol. The molecule has 5 N–H and O–H groups in total. The van der Waals surface area contributed by atoms with Crippen LogP contribution in [-0.4, -0.2) is 82.3 Å². The largest absolute Gasteiger partial charge is 0.481 e. The monoisotopic (exact) mass is 492 g/mol. The molecule has 0 aliphatic heterocycles. The van der Waals surface area contributed by atoms with Crippen LogP contribution in [0.25, 0.3) is 0 Å². The van der Waals surface area contributed by atoms with Gasteiger partial charge in [0.1, 0.15) is 12.2 Å². The second-order valence-corrected chi connectivity index (χ2v) is 9.21.